The third-order valence-electron chi connectivity index (χ3n) is 3.49. The summed E-state index contributed by atoms with van der Waals surface area (Å²) in [6, 6.07) is 4.14. The number of pyridine rings is 1. The summed E-state index contributed by atoms with van der Waals surface area (Å²) in [5.74, 6) is 0.891. The highest BCUT2D eigenvalue weighted by Crippen LogP contribution is 2.20. The Bertz CT molecular complexity index is 571. The minimum atomic E-state index is -0.460. The number of hydrogen-bond donors (Lipinski definition) is 1. The Hall–Kier alpha value is -1.78. The largest absolute Gasteiger partial charge is 0.444 e. The van der Waals surface area contributed by atoms with Crippen LogP contribution in [0.2, 0.25) is 0 Å². The molecule has 2 rings (SSSR count). The van der Waals surface area contributed by atoms with Crippen molar-refractivity contribution < 1.29 is 9.53 Å². The molecule has 0 atom stereocenters. The van der Waals surface area contributed by atoms with Gasteiger partial charge in [-0.1, -0.05) is 6.07 Å². The molecule has 0 saturated carbocycles. The number of nitrogens with one attached hydrogen (secondary N) is 1. The van der Waals surface area contributed by atoms with Gasteiger partial charge in [-0.3, -0.25) is 0 Å². The summed E-state index contributed by atoms with van der Waals surface area (Å²) < 4.78 is 5.48. The third kappa shape index (κ3) is 5.41. The highest BCUT2D eigenvalue weighted by atomic mass is 16.6. The Balaban J connectivity index is 2.07. The molecule has 1 aliphatic rings. The van der Waals surface area contributed by atoms with E-state index < -0.39 is 5.60 Å². The van der Waals surface area contributed by atoms with Crippen LogP contribution in [-0.4, -0.2) is 40.2 Å². The van der Waals surface area contributed by atoms with Crippen molar-refractivity contribution in [3.05, 3.63) is 23.4 Å². The normalized spacial score (nSPS) is 15.7. The van der Waals surface area contributed by atoms with E-state index in [1.54, 1.807) is 4.90 Å². The van der Waals surface area contributed by atoms with Crippen LogP contribution in [0.25, 0.3) is 0 Å². The lowest BCUT2D eigenvalue weighted by molar-refractivity contribution is 0.0258. The molecule has 0 spiro atoms. The molecule has 1 aromatic rings. The minimum Gasteiger partial charge on any atom is -0.444 e. The highest BCUT2D eigenvalue weighted by Gasteiger charge is 2.24. The van der Waals surface area contributed by atoms with Gasteiger partial charge in [0, 0.05) is 30.7 Å². The second-order valence-electron chi connectivity index (χ2n) is 8.14. The lowest BCUT2D eigenvalue weighted by Crippen LogP contribution is -2.38. The van der Waals surface area contributed by atoms with E-state index in [1.807, 2.05) is 26.8 Å². The molecule has 1 aromatic heterocycles. The maximum absolute atomic E-state index is 12.2. The van der Waals surface area contributed by atoms with Gasteiger partial charge in [-0.05, 0) is 59.6 Å². The number of carbonyl (C=O) groups is 1. The van der Waals surface area contributed by atoms with Crippen molar-refractivity contribution in [2.24, 2.45) is 0 Å². The molecule has 0 radical (unpaired) electrons. The van der Waals surface area contributed by atoms with Crippen LogP contribution in [0.15, 0.2) is 12.1 Å². The molecule has 0 bridgehead atoms. The predicted octanol–water partition coefficient (Wildman–Crippen LogP) is 3.63. The average Bonchev–Trinajstić information content (AvgIpc) is 2.56. The van der Waals surface area contributed by atoms with Crippen molar-refractivity contribution in [1.82, 2.24) is 9.88 Å². The lowest BCUT2D eigenvalue weighted by Gasteiger charge is -2.26. The molecule has 0 fully saturated rings. The van der Waals surface area contributed by atoms with Gasteiger partial charge in [0.2, 0.25) is 0 Å². The van der Waals surface area contributed by atoms with Crippen LogP contribution in [0.4, 0.5) is 10.6 Å². The molecule has 1 aliphatic heterocycles. The zero-order valence-corrected chi connectivity index (χ0v) is 15.2. The number of nitrogens with zero attached hydrogens (tertiary/aromatic N) is 2. The number of ether oxygens (including phenoxy) is 1. The maximum Gasteiger partial charge on any atom is 0.410 e. The topological polar surface area (TPSA) is 54.5 Å². The molecule has 2 heterocycles. The fraction of sp³-hybridized carbons (Fsp3) is 0.667. The second kappa shape index (κ2) is 6.38. The standard InChI is InChI=1S/C18H29N3O2/c1-17(2,3)20-15-8-7-13-9-11-21(12-10-14(13)19-15)16(22)23-18(4,5)6/h7-8H,9-12H2,1-6H3,(H,19,20). The van der Waals surface area contributed by atoms with Crippen LogP contribution in [-0.2, 0) is 17.6 Å². The fourth-order valence-electron chi connectivity index (χ4n) is 2.55. The van der Waals surface area contributed by atoms with E-state index in [4.69, 9.17) is 9.72 Å². The van der Waals surface area contributed by atoms with E-state index in [2.05, 4.69) is 32.2 Å². The molecule has 0 aliphatic carbocycles. The number of fused-ring (bicyclic) bond motifs is 1. The van der Waals surface area contributed by atoms with Crippen LogP contribution in [0.5, 0.6) is 0 Å². The molecule has 0 saturated heterocycles. The van der Waals surface area contributed by atoms with E-state index in [0.29, 0.717) is 13.1 Å². The Labute approximate surface area is 139 Å². The minimum absolute atomic E-state index is 0.0193. The van der Waals surface area contributed by atoms with E-state index in [9.17, 15) is 4.79 Å². The molecule has 5 heteroatoms. The summed E-state index contributed by atoms with van der Waals surface area (Å²) in [4.78, 5) is 18.8. The smallest absolute Gasteiger partial charge is 0.410 e. The van der Waals surface area contributed by atoms with Crippen molar-refractivity contribution in [3.63, 3.8) is 0 Å². The highest BCUT2D eigenvalue weighted by molar-refractivity contribution is 5.68. The molecule has 1 amide bonds. The quantitative estimate of drug-likeness (QED) is 0.859. The first kappa shape index (κ1) is 17.6. The van der Waals surface area contributed by atoms with Crippen molar-refractivity contribution in [3.8, 4) is 0 Å². The number of carbonyl (C=O) groups excluding carboxylic acids is 1. The summed E-state index contributed by atoms with van der Waals surface area (Å²) >= 11 is 0. The van der Waals surface area contributed by atoms with Crippen molar-refractivity contribution in [1.29, 1.82) is 0 Å². The number of aromatic nitrogens is 1. The summed E-state index contributed by atoms with van der Waals surface area (Å²) in [5.41, 5.74) is 1.81. The number of anilines is 1. The van der Waals surface area contributed by atoms with Crippen LogP contribution >= 0.6 is 0 Å². The maximum atomic E-state index is 12.2. The molecular formula is C18H29N3O2. The summed E-state index contributed by atoms with van der Waals surface area (Å²) in [5, 5.41) is 3.40. The monoisotopic (exact) mass is 319 g/mol. The summed E-state index contributed by atoms with van der Waals surface area (Å²) in [7, 11) is 0. The Kier molecular flexibility index (Phi) is 4.87. The Morgan fingerprint density at radius 3 is 2.39 bits per heavy atom. The van der Waals surface area contributed by atoms with Gasteiger partial charge in [-0.25, -0.2) is 9.78 Å². The van der Waals surface area contributed by atoms with Gasteiger partial charge in [0.05, 0.1) is 0 Å². The van der Waals surface area contributed by atoms with Crippen LogP contribution < -0.4 is 5.32 Å². The number of hydrogen-bond acceptors (Lipinski definition) is 4. The van der Waals surface area contributed by atoms with Gasteiger partial charge >= 0.3 is 6.09 Å². The van der Waals surface area contributed by atoms with Crippen LogP contribution in [0.1, 0.15) is 52.8 Å². The first-order valence-electron chi connectivity index (χ1n) is 8.28. The van der Waals surface area contributed by atoms with Crippen molar-refractivity contribution in [2.45, 2.75) is 65.5 Å². The van der Waals surface area contributed by atoms with Gasteiger partial charge in [0.1, 0.15) is 11.4 Å². The molecule has 0 unspecified atom stereocenters. The van der Waals surface area contributed by atoms with E-state index >= 15 is 0 Å². The fourth-order valence-corrected chi connectivity index (χ4v) is 2.55. The molecular weight excluding hydrogens is 290 g/mol. The first-order chi connectivity index (χ1) is 10.5. The number of amides is 1. The van der Waals surface area contributed by atoms with Gasteiger partial charge in [0.25, 0.3) is 0 Å². The Morgan fingerprint density at radius 2 is 1.78 bits per heavy atom. The zero-order valence-electron chi connectivity index (χ0n) is 15.2. The van der Waals surface area contributed by atoms with Crippen molar-refractivity contribution >= 4 is 11.9 Å². The third-order valence-corrected chi connectivity index (χ3v) is 3.49. The van der Waals surface area contributed by atoms with Gasteiger partial charge in [-0.15, -0.1) is 0 Å². The summed E-state index contributed by atoms with van der Waals surface area (Å²) in [6.07, 6.45) is 1.34. The second-order valence-corrected chi connectivity index (χ2v) is 8.14. The Morgan fingerprint density at radius 1 is 1.13 bits per heavy atom. The van der Waals surface area contributed by atoms with E-state index in [1.165, 1.54) is 5.56 Å². The number of rotatable bonds is 1. The molecule has 5 nitrogen and oxygen atoms in total. The average molecular weight is 319 g/mol. The molecule has 128 valence electrons. The van der Waals surface area contributed by atoms with Gasteiger partial charge in [0.15, 0.2) is 0 Å². The van der Waals surface area contributed by atoms with E-state index in [-0.39, 0.29) is 11.6 Å². The van der Waals surface area contributed by atoms with Crippen LogP contribution in [0, 0.1) is 0 Å². The zero-order chi connectivity index (χ0) is 17.3. The first-order valence-corrected chi connectivity index (χ1v) is 8.28. The molecule has 1 N–H and O–H groups in total. The van der Waals surface area contributed by atoms with Gasteiger partial charge in [-0.2, -0.15) is 0 Å². The lowest BCUT2D eigenvalue weighted by atomic mass is 10.1. The molecule has 23 heavy (non-hydrogen) atoms. The molecule has 0 aromatic carbocycles. The summed E-state index contributed by atoms with van der Waals surface area (Å²) in [6.45, 7) is 13.3. The SMILES string of the molecule is CC(C)(C)Nc1ccc2c(n1)CCN(C(=O)OC(C)(C)C)CC2. The van der Waals surface area contributed by atoms with E-state index in [0.717, 1.165) is 24.4 Å². The van der Waals surface area contributed by atoms with Crippen molar-refractivity contribution in [2.75, 3.05) is 18.4 Å². The predicted molar refractivity (Wildman–Crippen MR) is 92.8 cm³/mol. The van der Waals surface area contributed by atoms with Crippen LogP contribution in [0.3, 0.4) is 0 Å². The van der Waals surface area contributed by atoms with Gasteiger partial charge < -0.3 is 15.0 Å².